The maximum Gasteiger partial charge on any atom is 0.226 e. The van der Waals surface area contributed by atoms with Crippen molar-refractivity contribution in [2.45, 2.75) is 52.1 Å². The number of nitrogens with zero attached hydrogens (tertiary/aromatic N) is 3. The summed E-state index contributed by atoms with van der Waals surface area (Å²) in [7, 11) is 0. The van der Waals surface area contributed by atoms with E-state index in [4.69, 9.17) is 0 Å². The fraction of sp³-hybridized carbons (Fsp3) is 0.682. The van der Waals surface area contributed by atoms with Crippen LogP contribution in [0.2, 0.25) is 0 Å². The zero-order chi connectivity index (χ0) is 18.4. The smallest absolute Gasteiger partial charge is 0.226 e. The van der Waals surface area contributed by atoms with Crippen molar-refractivity contribution >= 4 is 5.91 Å². The Kier molecular flexibility index (Phi) is 7.09. The van der Waals surface area contributed by atoms with Crippen molar-refractivity contribution in [3.8, 4) is 0 Å². The van der Waals surface area contributed by atoms with E-state index in [0.29, 0.717) is 11.9 Å². The monoisotopic (exact) mass is 357 g/mol. The SMILES string of the molecule is CCN(CC)C(=O)C1CCCN(C2CCN(Cc3ccccc3)CC2)C1. The molecule has 0 saturated carbocycles. The molecule has 0 bridgehead atoms. The van der Waals surface area contributed by atoms with Gasteiger partial charge in [0.2, 0.25) is 5.91 Å². The van der Waals surface area contributed by atoms with Crippen LogP contribution in [0.15, 0.2) is 30.3 Å². The number of hydrogen-bond acceptors (Lipinski definition) is 3. The van der Waals surface area contributed by atoms with Crippen molar-refractivity contribution in [2.24, 2.45) is 5.92 Å². The van der Waals surface area contributed by atoms with E-state index in [2.05, 4.69) is 54.0 Å². The number of piperidine rings is 2. The molecule has 0 aliphatic carbocycles. The minimum Gasteiger partial charge on any atom is -0.343 e. The Morgan fingerprint density at radius 1 is 1.04 bits per heavy atom. The standard InChI is InChI=1S/C22H35N3O/c1-3-24(4-2)22(26)20-11-8-14-25(18-20)21-12-15-23(16-13-21)17-19-9-6-5-7-10-19/h5-7,9-10,20-21H,3-4,8,11-18H2,1-2H3. The molecule has 2 aliphatic rings. The van der Waals surface area contributed by atoms with Gasteiger partial charge in [-0.2, -0.15) is 0 Å². The van der Waals surface area contributed by atoms with Crippen LogP contribution in [0.3, 0.4) is 0 Å². The molecule has 3 rings (SSSR count). The van der Waals surface area contributed by atoms with E-state index in [0.717, 1.165) is 32.6 Å². The lowest BCUT2D eigenvalue weighted by atomic mass is 9.92. The average molecular weight is 358 g/mol. The Bertz CT molecular complexity index is 550. The van der Waals surface area contributed by atoms with Crippen LogP contribution in [-0.2, 0) is 11.3 Å². The predicted molar refractivity (Wildman–Crippen MR) is 107 cm³/mol. The second-order valence-corrected chi connectivity index (χ2v) is 7.84. The van der Waals surface area contributed by atoms with Crippen molar-refractivity contribution in [3.05, 3.63) is 35.9 Å². The maximum atomic E-state index is 12.7. The molecule has 2 aliphatic heterocycles. The van der Waals surface area contributed by atoms with Crippen LogP contribution in [0, 0.1) is 5.92 Å². The summed E-state index contributed by atoms with van der Waals surface area (Å²) in [6.45, 7) is 11.4. The van der Waals surface area contributed by atoms with Crippen LogP contribution in [-0.4, -0.2) is 65.9 Å². The third-order valence-corrected chi connectivity index (χ3v) is 6.20. The van der Waals surface area contributed by atoms with Crippen LogP contribution in [0.4, 0.5) is 0 Å². The third-order valence-electron chi connectivity index (χ3n) is 6.20. The summed E-state index contributed by atoms with van der Waals surface area (Å²) in [4.78, 5) is 19.9. The highest BCUT2D eigenvalue weighted by molar-refractivity contribution is 5.79. The molecule has 4 nitrogen and oxygen atoms in total. The number of hydrogen-bond donors (Lipinski definition) is 0. The van der Waals surface area contributed by atoms with Gasteiger partial charge in [-0.3, -0.25) is 14.6 Å². The number of rotatable bonds is 6. The predicted octanol–water partition coefficient (Wildman–Crippen LogP) is 3.23. The Hall–Kier alpha value is -1.39. The molecule has 26 heavy (non-hydrogen) atoms. The minimum absolute atomic E-state index is 0.214. The highest BCUT2D eigenvalue weighted by Crippen LogP contribution is 2.25. The fourth-order valence-corrected chi connectivity index (χ4v) is 4.62. The molecule has 2 saturated heterocycles. The van der Waals surface area contributed by atoms with Crippen molar-refractivity contribution in [1.82, 2.24) is 14.7 Å². The topological polar surface area (TPSA) is 26.8 Å². The minimum atomic E-state index is 0.214. The van der Waals surface area contributed by atoms with Gasteiger partial charge in [0.1, 0.15) is 0 Å². The molecule has 1 aromatic rings. The van der Waals surface area contributed by atoms with Crippen LogP contribution in [0.25, 0.3) is 0 Å². The second-order valence-electron chi connectivity index (χ2n) is 7.84. The van der Waals surface area contributed by atoms with E-state index in [9.17, 15) is 4.79 Å². The first-order valence-corrected chi connectivity index (χ1v) is 10.5. The lowest BCUT2D eigenvalue weighted by molar-refractivity contribution is -0.137. The van der Waals surface area contributed by atoms with Gasteiger partial charge in [0.15, 0.2) is 0 Å². The molecule has 0 radical (unpaired) electrons. The summed E-state index contributed by atoms with van der Waals surface area (Å²) in [6.07, 6.45) is 4.71. The van der Waals surface area contributed by atoms with Gasteiger partial charge in [-0.15, -0.1) is 0 Å². The molecule has 1 amide bonds. The van der Waals surface area contributed by atoms with E-state index < -0.39 is 0 Å². The largest absolute Gasteiger partial charge is 0.343 e. The van der Waals surface area contributed by atoms with E-state index in [1.807, 2.05) is 4.90 Å². The number of carbonyl (C=O) groups is 1. The highest BCUT2D eigenvalue weighted by atomic mass is 16.2. The molecule has 0 N–H and O–H groups in total. The normalized spacial score (nSPS) is 23.1. The van der Waals surface area contributed by atoms with Crippen LogP contribution >= 0.6 is 0 Å². The molecular formula is C22H35N3O. The van der Waals surface area contributed by atoms with Gasteiger partial charge in [0.25, 0.3) is 0 Å². The van der Waals surface area contributed by atoms with Crippen molar-refractivity contribution in [1.29, 1.82) is 0 Å². The van der Waals surface area contributed by atoms with Gasteiger partial charge in [-0.1, -0.05) is 30.3 Å². The molecule has 4 heteroatoms. The molecular weight excluding hydrogens is 322 g/mol. The third kappa shape index (κ3) is 4.86. The summed E-state index contributed by atoms with van der Waals surface area (Å²) in [6, 6.07) is 11.4. The Labute approximate surface area is 159 Å². The van der Waals surface area contributed by atoms with E-state index in [1.165, 1.54) is 44.5 Å². The zero-order valence-corrected chi connectivity index (χ0v) is 16.6. The second kappa shape index (κ2) is 9.52. The van der Waals surface area contributed by atoms with Crippen molar-refractivity contribution < 1.29 is 4.79 Å². The van der Waals surface area contributed by atoms with E-state index >= 15 is 0 Å². The zero-order valence-electron chi connectivity index (χ0n) is 16.6. The molecule has 0 spiro atoms. The molecule has 144 valence electrons. The molecule has 1 aromatic carbocycles. The Morgan fingerprint density at radius 3 is 2.38 bits per heavy atom. The van der Waals surface area contributed by atoms with Gasteiger partial charge in [-0.25, -0.2) is 0 Å². The number of amides is 1. The highest BCUT2D eigenvalue weighted by Gasteiger charge is 2.32. The molecule has 1 atom stereocenters. The van der Waals surface area contributed by atoms with Gasteiger partial charge in [0, 0.05) is 32.2 Å². The summed E-state index contributed by atoms with van der Waals surface area (Å²) in [5.41, 5.74) is 1.41. The van der Waals surface area contributed by atoms with Crippen LogP contribution in [0.5, 0.6) is 0 Å². The quantitative estimate of drug-likeness (QED) is 0.782. The van der Waals surface area contributed by atoms with E-state index in [-0.39, 0.29) is 5.92 Å². The summed E-state index contributed by atoms with van der Waals surface area (Å²) in [5.74, 6) is 0.590. The number of likely N-dealkylation sites (tertiary alicyclic amines) is 2. The Balaban J connectivity index is 1.48. The molecule has 0 aromatic heterocycles. The van der Waals surface area contributed by atoms with Crippen LogP contribution < -0.4 is 0 Å². The Morgan fingerprint density at radius 2 is 1.73 bits per heavy atom. The van der Waals surface area contributed by atoms with Gasteiger partial charge in [0.05, 0.1) is 5.92 Å². The average Bonchev–Trinajstić information content (AvgIpc) is 2.70. The number of benzene rings is 1. The number of carbonyl (C=O) groups excluding carboxylic acids is 1. The lowest BCUT2D eigenvalue weighted by Crippen LogP contribution is -2.51. The van der Waals surface area contributed by atoms with Crippen LogP contribution in [0.1, 0.15) is 45.1 Å². The maximum absolute atomic E-state index is 12.7. The van der Waals surface area contributed by atoms with Crippen molar-refractivity contribution in [3.63, 3.8) is 0 Å². The molecule has 1 unspecified atom stereocenters. The first kappa shape index (κ1) is 19.4. The summed E-state index contributed by atoms with van der Waals surface area (Å²) >= 11 is 0. The summed E-state index contributed by atoms with van der Waals surface area (Å²) in [5, 5.41) is 0. The summed E-state index contributed by atoms with van der Waals surface area (Å²) < 4.78 is 0. The molecule has 2 heterocycles. The molecule has 2 fully saturated rings. The van der Waals surface area contributed by atoms with Gasteiger partial charge in [-0.05, 0) is 64.7 Å². The first-order valence-electron chi connectivity index (χ1n) is 10.5. The first-order chi connectivity index (χ1) is 12.7. The van der Waals surface area contributed by atoms with Gasteiger partial charge >= 0.3 is 0 Å². The van der Waals surface area contributed by atoms with Gasteiger partial charge < -0.3 is 4.90 Å². The fourth-order valence-electron chi connectivity index (χ4n) is 4.62. The van der Waals surface area contributed by atoms with Crippen molar-refractivity contribution in [2.75, 3.05) is 39.3 Å². The van der Waals surface area contributed by atoms with E-state index in [1.54, 1.807) is 0 Å². The lowest BCUT2D eigenvalue weighted by Gasteiger charge is -2.42.